The molecule has 8 heteroatoms. The van der Waals surface area contributed by atoms with Crippen molar-refractivity contribution >= 4 is 23.2 Å². The Labute approximate surface area is 170 Å². The second-order valence-electron chi connectivity index (χ2n) is 7.31. The van der Waals surface area contributed by atoms with Crippen molar-refractivity contribution in [2.24, 2.45) is 0 Å². The maximum Gasteiger partial charge on any atom is 0.290 e. The van der Waals surface area contributed by atoms with Crippen molar-refractivity contribution in [1.82, 2.24) is 20.6 Å². The standard InChI is InChI=1S/C21H19FN4O2S/c22-14-7-1-2-8-16(14)26-15-9-4-6-13(15)19(25-26)21(28)24-23-20(27)18-11-12-5-3-10-17(12)29-18/h1-2,7-8,11H,3-6,9-10H2,(H,23,27)(H,24,28). The fourth-order valence-electron chi connectivity index (χ4n) is 4.12. The molecule has 2 aliphatic rings. The third-order valence-corrected chi connectivity index (χ3v) is 6.72. The smallest absolute Gasteiger partial charge is 0.266 e. The number of amides is 2. The first-order chi connectivity index (χ1) is 14.1. The molecule has 0 fully saturated rings. The Morgan fingerprint density at radius 2 is 1.83 bits per heavy atom. The van der Waals surface area contributed by atoms with Crippen molar-refractivity contribution in [3.8, 4) is 5.69 Å². The van der Waals surface area contributed by atoms with Gasteiger partial charge in [-0.2, -0.15) is 5.10 Å². The zero-order valence-electron chi connectivity index (χ0n) is 15.6. The number of carbonyl (C=O) groups is 2. The Bertz CT molecular complexity index is 1110. The predicted octanol–water partition coefficient (Wildman–Crippen LogP) is 3.13. The Morgan fingerprint density at radius 1 is 1.03 bits per heavy atom. The van der Waals surface area contributed by atoms with E-state index < -0.39 is 11.7 Å². The van der Waals surface area contributed by atoms with Crippen molar-refractivity contribution in [2.45, 2.75) is 38.5 Å². The molecule has 2 aromatic heterocycles. The first kappa shape index (κ1) is 18.1. The average Bonchev–Trinajstić information content (AvgIpc) is 3.46. The minimum Gasteiger partial charge on any atom is -0.266 e. The number of nitrogens with one attached hydrogen (secondary N) is 2. The van der Waals surface area contributed by atoms with Gasteiger partial charge in [-0.05, 0) is 62.3 Å². The molecule has 0 spiro atoms. The number of aromatic nitrogens is 2. The predicted molar refractivity (Wildman–Crippen MR) is 107 cm³/mol. The molecule has 0 unspecified atom stereocenters. The van der Waals surface area contributed by atoms with Crippen LogP contribution < -0.4 is 10.9 Å². The number of fused-ring (bicyclic) bond motifs is 2. The van der Waals surface area contributed by atoms with Crippen molar-refractivity contribution in [3.05, 3.63) is 68.4 Å². The number of rotatable bonds is 3. The Balaban J connectivity index is 1.35. The van der Waals surface area contributed by atoms with Crippen LogP contribution >= 0.6 is 11.3 Å². The molecule has 29 heavy (non-hydrogen) atoms. The molecule has 0 aliphatic heterocycles. The average molecular weight is 410 g/mol. The molecule has 148 valence electrons. The SMILES string of the molecule is O=C(NNC(=O)c1nn(-c2ccccc2F)c2c1CCC2)c1cc2c(s1)CCC2. The maximum absolute atomic E-state index is 14.2. The van der Waals surface area contributed by atoms with Crippen molar-refractivity contribution < 1.29 is 14.0 Å². The highest BCUT2D eigenvalue weighted by Crippen LogP contribution is 2.31. The first-order valence-electron chi connectivity index (χ1n) is 9.70. The molecule has 3 aromatic rings. The van der Waals surface area contributed by atoms with E-state index in [2.05, 4.69) is 16.0 Å². The van der Waals surface area contributed by atoms with Crippen LogP contribution in [0, 0.1) is 5.82 Å². The quantitative estimate of drug-likeness (QED) is 0.652. The summed E-state index contributed by atoms with van der Waals surface area (Å²) in [5.74, 6) is -1.21. The lowest BCUT2D eigenvalue weighted by atomic mass is 10.2. The number of thiophene rings is 1. The summed E-state index contributed by atoms with van der Waals surface area (Å²) in [4.78, 5) is 27.0. The number of halogens is 1. The fraction of sp³-hybridized carbons (Fsp3) is 0.286. The molecule has 0 radical (unpaired) electrons. The molecule has 2 N–H and O–H groups in total. The molecule has 0 saturated carbocycles. The van der Waals surface area contributed by atoms with E-state index in [-0.39, 0.29) is 11.6 Å². The van der Waals surface area contributed by atoms with Gasteiger partial charge in [0, 0.05) is 16.1 Å². The van der Waals surface area contributed by atoms with Gasteiger partial charge < -0.3 is 0 Å². The highest BCUT2D eigenvalue weighted by atomic mass is 32.1. The third-order valence-electron chi connectivity index (χ3n) is 5.49. The molecular formula is C21H19FN4O2S. The number of carbonyl (C=O) groups excluding carboxylic acids is 2. The molecule has 2 heterocycles. The van der Waals surface area contributed by atoms with Crippen molar-refractivity contribution in [1.29, 1.82) is 0 Å². The van der Waals surface area contributed by atoms with Crippen LogP contribution in [0.25, 0.3) is 5.69 Å². The maximum atomic E-state index is 14.2. The van der Waals surface area contributed by atoms with Gasteiger partial charge in [-0.25, -0.2) is 9.07 Å². The van der Waals surface area contributed by atoms with Gasteiger partial charge in [0.05, 0.1) is 4.88 Å². The minimum absolute atomic E-state index is 0.231. The van der Waals surface area contributed by atoms with Gasteiger partial charge in [0.2, 0.25) is 0 Å². The van der Waals surface area contributed by atoms with Crippen LogP contribution in [0.4, 0.5) is 4.39 Å². The summed E-state index contributed by atoms with van der Waals surface area (Å²) in [6.07, 6.45) is 5.48. The van der Waals surface area contributed by atoms with E-state index in [1.165, 1.54) is 32.5 Å². The lowest BCUT2D eigenvalue weighted by molar-refractivity contribution is 0.0845. The lowest BCUT2D eigenvalue weighted by Crippen LogP contribution is -2.41. The van der Waals surface area contributed by atoms with Crippen LogP contribution in [0.3, 0.4) is 0 Å². The van der Waals surface area contributed by atoms with E-state index in [4.69, 9.17) is 0 Å². The van der Waals surface area contributed by atoms with Crippen molar-refractivity contribution in [3.63, 3.8) is 0 Å². The van der Waals surface area contributed by atoms with E-state index in [0.717, 1.165) is 43.4 Å². The number of benzene rings is 1. The third kappa shape index (κ3) is 3.13. The largest absolute Gasteiger partial charge is 0.290 e. The van der Waals surface area contributed by atoms with Gasteiger partial charge in [0.1, 0.15) is 11.5 Å². The molecular weight excluding hydrogens is 391 g/mol. The Hall–Kier alpha value is -3.00. The Morgan fingerprint density at radius 3 is 2.66 bits per heavy atom. The van der Waals surface area contributed by atoms with Gasteiger partial charge in [0.25, 0.3) is 11.8 Å². The van der Waals surface area contributed by atoms with E-state index in [0.29, 0.717) is 17.0 Å². The molecule has 6 nitrogen and oxygen atoms in total. The first-order valence-corrected chi connectivity index (χ1v) is 10.5. The minimum atomic E-state index is -0.490. The van der Waals surface area contributed by atoms with E-state index in [1.54, 1.807) is 18.2 Å². The van der Waals surface area contributed by atoms with Crippen molar-refractivity contribution in [2.75, 3.05) is 0 Å². The van der Waals surface area contributed by atoms with E-state index >= 15 is 0 Å². The summed E-state index contributed by atoms with van der Waals surface area (Å²) < 4.78 is 15.8. The number of hydrogen-bond acceptors (Lipinski definition) is 4. The number of hydrogen-bond donors (Lipinski definition) is 2. The summed E-state index contributed by atoms with van der Waals surface area (Å²) in [7, 11) is 0. The second kappa shape index (κ2) is 7.11. The summed E-state index contributed by atoms with van der Waals surface area (Å²) in [6, 6.07) is 8.27. The van der Waals surface area contributed by atoms with Gasteiger partial charge in [-0.15, -0.1) is 11.3 Å². The van der Waals surface area contributed by atoms with E-state index in [9.17, 15) is 14.0 Å². The number of nitrogens with zero attached hydrogens (tertiary/aromatic N) is 2. The van der Waals surface area contributed by atoms with Gasteiger partial charge in [-0.3, -0.25) is 20.4 Å². The molecule has 0 atom stereocenters. The summed E-state index contributed by atoms with van der Waals surface area (Å²) in [5.41, 5.74) is 8.40. The summed E-state index contributed by atoms with van der Waals surface area (Å²) in [6.45, 7) is 0. The van der Waals surface area contributed by atoms with Crippen LogP contribution in [0.5, 0.6) is 0 Å². The fourth-order valence-corrected chi connectivity index (χ4v) is 5.27. The molecule has 1 aromatic carbocycles. The van der Waals surface area contributed by atoms with Crippen LogP contribution in [0.15, 0.2) is 30.3 Å². The topological polar surface area (TPSA) is 76.0 Å². The lowest BCUT2D eigenvalue weighted by Gasteiger charge is -2.07. The van der Waals surface area contributed by atoms with E-state index in [1.807, 2.05) is 6.07 Å². The van der Waals surface area contributed by atoms with Crippen LogP contribution in [0.1, 0.15) is 54.7 Å². The Kier molecular flexibility index (Phi) is 4.43. The monoisotopic (exact) mass is 410 g/mol. The molecule has 2 aliphatic carbocycles. The molecule has 2 amide bonds. The van der Waals surface area contributed by atoms with Crippen LogP contribution in [0.2, 0.25) is 0 Å². The van der Waals surface area contributed by atoms with Gasteiger partial charge >= 0.3 is 0 Å². The van der Waals surface area contributed by atoms with Crippen LogP contribution in [-0.4, -0.2) is 21.6 Å². The van der Waals surface area contributed by atoms with Crippen LogP contribution in [-0.2, 0) is 25.7 Å². The zero-order chi connectivity index (χ0) is 20.0. The van der Waals surface area contributed by atoms with Gasteiger partial charge in [-0.1, -0.05) is 12.1 Å². The highest BCUT2D eigenvalue weighted by molar-refractivity contribution is 7.14. The molecule has 0 saturated heterocycles. The van der Waals surface area contributed by atoms with Gasteiger partial charge in [0.15, 0.2) is 5.69 Å². The summed E-state index contributed by atoms with van der Waals surface area (Å²) in [5, 5.41) is 4.37. The number of para-hydroxylation sites is 1. The number of aryl methyl sites for hydroxylation is 2. The zero-order valence-corrected chi connectivity index (χ0v) is 16.4. The normalized spacial score (nSPS) is 14.5. The molecule has 5 rings (SSSR count). The highest BCUT2D eigenvalue weighted by Gasteiger charge is 2.28. The number of hydrazine groups is 1. The molecule has 0 bridgehead atoms. The second-order valence-corrected chi connectivity index (χ2v) is 8.45. The summed E-state index contributed by atoms with van der Waals surface area (Å²) >= 11 is 1.48.